The highest BCUT2D eigenvalue weighted by molar-refractivity contribution is 6.10. The third-order valence-corrected chi connectivity index (χ3v) is 3.66. The number of hydrogen-bond donors (Lipinski definition) is 1. The average molecular weight is 380 g/mol. The number of methoxy groups -OCH3 is 1. The van der Waals surface area contributed by atoms with E-state index in [2.05, 4.69) is 5.32 Å². The van der Waals surface area contributed by atoms with Gasteiger partial charge in [0.25, 0.3) is 5.91 Å². The predicted molar refractivity (Wildman–Crippen MR) is 109 cm³/mol. The Morgan fingerprint density at radius 2 is 1.93 bits per heavy atom. The Kier molecular flexibility index (Phi) is 7.46. The standard InChI is InChI=1S/C22H24N2O4/c1-5-27-19-9-7-6-8-18(19)24-22(25)17(14-23)12-16-10-11-20(26-4)21(13-16)28-15(2)3/h6-13,15H,5H2,1-4H3,(H,24,25). The molecule has 6 heteroatoms. The molecule has 0 spiro atoms. The molecule has 146 valence electrons. The Morgan fingerprint density at radius 1 is 1.18 bits per heavy atom. The summed E-state index contributed by atoms with van der Waals surface area (Å²) in [6.45, 7) is 6.15. The molecule has 0 saturated heterocycles. The summed E-state index contributed by atoms with van der Waals surface area (Å²) in [5.74, 6) is 1.16. The van der Waals surface area contributed by atoms with Gasteiger partial charge >= 0.3 is 0 Å². The number of anilines is 1. The number of nitrogens with one attached hydrogen (secondary N) is 1. The molecule has 6 nitrogen and oxygen atoms in total. The lowest BCUT2D eigenvalue weighted by molar-refractivity contribution is -0.112. The van der Waals surface area contributed by atoms with Crippen LogP contribution in [0.3, 0.4) is 0 Å². The molecule has 0 unspecified atom stereocenters. The summed E-state index contributed by atoms with van der Waals surface area (Å²) >= 11 is 0. The van der Waals surface area contributed by atoms with Gasteiger partial charge in [-0.05, 0) is 56.7 Å². The molecule has 0 bridgehead atoms. The van der Waals surface area contributed by atoms with E-state index in [1.54, 1.807) is 43.5 Å². The van der Waals surface area contributed by atoms with Gasteiger partial charge in [0.05, 0.1) is 25.5 Å². The maximum absolute atomic E-state index is 12.6. The lowest BCUT2D eigenvalue weighted by Crippen LogP contribution is -2.14. The van der Waals surface area contributed by atoms with Crippen molar-refractivity contribution in [1.29, 1.82) is 5.26 Å². The minimum Gasteiger partial charge on any atom is -0.493 e. The molecule has 2 rings (SSSR count). The molecule has 28 heavy (non-hydrogen) atoms. The number of amides is 1. The van der Waals surface area contributed by atoms with Crippen LogP contribution >= 0.6 is 0 Å². The third kappa shape index (κ3) is 5.52. The molecule has 0 fully saturated rings. The molecule has 0 heterocycles. The Hall–Kier alpha value is -3.46. The Bertz CT molecular complexity index is 898. The minimum atomic E-state index is -0.517. The maximum atomic E-state index is 12.6. The van der Waals surface area contributed by atoms with E-state index in [1.807, 2.05) is 32.9 Å². The van der Waals surface area contributed by atoms with Crippen molar-refractivity contribution in [2.45, 2.75) is 26.9 Å². The van der Waals surface area contributed by atoms with Crippen LogP contribution in [0.25, 0.3) is 6.08 Å². The van der Waals surface area contributed by atoms with Crippen molar-refractivity contribution in [3.63, 3.8) is 0 Å². The molecular weight excluding hydrogens is 356 g/mol. The lowest BCUT2D eigenvalue weighted by Gasteiger charge is -2.14. The van der Waals surface area contributed by atoms with Crippen LogP contribution in [0.15, 0.2) is 48.0 Å². The number of nitrogens with zero attached hydrogens (tertiary/aromatic N) is 1. The van der Waals surface area contributed by atoms with Crippen LogP contribution in [0.5, 0.6) is 17.2 Å². The third-order valence-electron chi connectivity index (χ3n) is 3.66. The van der Waals surface area contributed by atoms with Gasteiger partial charge in [-0.15, -0.1) is 0 Å². The van der Waals surface area contributed by atoms with Gasteiger partial charge in [-0.3, -0.25) is 4.79 Å². The van der Waals surface area contributed by atoms with Crippen molar-refractivity contribution < 1.29 is 19.0 Å². The summed E-state index contributed by atoms with van der Waals surface area (Å²) in [6, 6.07) is 14.3. The monoisotopic (exact) mass is 380 g/mol. The highest BCUT2D eigenvalue weighted by atomic mass is 16.5. The van der Waals surface area contributed by atoms with Crippen molar-refractivity contribution in [3.8, 4) is 23.3 Å². The smallest absolute Gasteiger partial charge is 0.266 e. The molecular formula is C22H24N2O4. The Labute approximate surface area is 165 Å². The first-order valence-electron chi connectivity index (χ1n) is 8.98. The second kappa shape index (κ2) is 10.0. The number of rotatable bonds is 8. The normalized spacial score (nSPS) is 10.9. The van der Waals surface area contributed by atoms with E-state index in [-0.39, 0.29) is 11.7 Å². The largest absolute Gasteiger partial charge is 0.493 e. The minimum absolute atomic E-state index is 0.0352. The lowest BCUT2D eigenvalue weighted by atomic mass is 10.1. The zero-order valence-electron chi connectivity index (χ0n) is 16.5. The van der Waals surface area contributed by atoms with E-state index >= 15 is 0 Å². The summed E-state index contributed by atoms with van der Waals surface area (Å²) in [5.41, 5.74) is 1.13. The molecule has 0 aliphatic rings. The van der Waals surface area contributed by atoms with Crippen molar-refractivity contribution in [2.24, 2.45) is 0 Å². The Balaban J connectivity index is 2.28. The van der Waals surface area contributed by atoms with E-state index < -0.39 is 5.91 Å². The van der Waals surface area contributed by atoms with Gasteiger partial charge < -0.3 is 19.5 Å². The number of ether oxygens (including phenoxy) is 3. The number of hydrogen-bond acceptors (Lipinski definition) is 5. The molecule has 0 atom stereocenters. The van der Waals surface area contributed by atoms with Crippen LogP contribution in [0, 0.1) is 11.3 Å². The average Bonchev–Trinajstić information content (AvgIpc) is 2.67. The van der Waals surface area contributed by atoms with Crippen LogP contribution in [-0.2, 0) is 4.79 Å². The quantitative estimate of drug-likeness (QED) is 0.541. The summed E-state index contributed by atoms with van der Waals surface area (Å²) in [4.78, 5) is 12.6. The van der Waals surface area contributed by atoms with Crippen molar-refractivity contribution in [3.05, 3.63) is 53.6 Å². The van der Waals surface area contributed by atoms with E-state index in [0.29, 0.717) is 35.1 Å². The second-order valence-electron chi connectivity index (χ2n) is 6.13. The van der Waals surface area contributed by atoms with Crippen molar-refractivity contribution >= 4 is 17.7 Å². The second-order valence-corrected chi connectivity index (χ2v) is 6.13. The number of para-hydroxylation sites is 2. The van der Waals surface area contributed by atoms with E-state index in [9.17, 15) is 10.1 Å². The zero-order valence-corrected chi connectivity index (χ0v) is 16.5. The molecule has 2 aromatic carbocycles. The first-order chi connectivity index (χ1) is 13.5. The summed E-state index contributed by atoms with van der Waals surface area (Å²) in [7, 11) is 1.56. The molecule has 1 amide bonds. The van der Waals surface area contributed by atoms with Crippen LogP contribution in [0.4, 0.5) is 5.69 Å². The van der Waals surface area contributed by atoms with Gasteiger partial charge in [0.2, 0.25) is 0 Å². The highest BCUT2D eigenvalue weighted by Gasteiger charge is 2.13. The van der Waals surface area contributed by atoms with Crippen molar-refractivity contribution in [2.75, 3.05) is 19.0 Å². The Morgan fingerprint density at radius 3 is 2.57 bits per heavy atom. The molecule has 0 saturated carbocycles. The zero-order chi connectivity index (χ0) is 20.5. The number of carbonyl (C=O) groups is 1. The molecule has 0 radical (unpaired) electrons. The first kappa shape index (κ1) is 20.8. The fraction of sp³-hybridized carbons (Fsp3) is 0.273. The van der Waals surface area contributed by atoms with Gasteiger partial charge in [-0.1, -0.05) is 18.2 Å². The predicted octanol–water partition coefficient (Wildman–Crippen LogP) is 4.43. The molecule has 2 aromatic rings. The summed E-state index contributed by atoms with van der Waals surface area (Å²) < 4.78 is 16.5. The number of benzene rings is 2. The van der Waals surface area contributed by atoms with Gasteiger partial charge in [-0.25, -0.2) is 0 Å². The van der Waals surface area contributed by atoms with Gasteiger partial charge in [0, 0.05) is 0 Å². The summed E-state index contributed by atoms with van der Waals surface area (Å²) in [6.07, 6.45) is 1.47. The van der Waals surface area contributed by atoms with Crippen LogP contribution in [0.2, 0.25) is 0 Å². The van der Waals surface area contributed by atoms with Crippen LogP contribution in [0.1, 0.15) is 26.3 Å². The van der Waals surface area contributed by atoms with E-state index in [1.165, 1.54) is 6.08 Å². The number of nitriles is 1. The summed E-state index contributed by atoms with van der Waals surface area (Å²) in [5, 5.41) is 12.2. The van der Waals surface area contributed by atoms with Crippen molar-refractivity contribution in [1.82, 2.24) is 0 Å². The van der Waals surface area contributed by atoms with Gasteiger partial charge in [0.1, 0.15) is 17.4 Å². The van der Waals surface area contributed by atoms with Gasteiger partial charge in [0.15, 0.2) is 11.5 Å². The molecule has 0 aromatic heterocycles. The molecule has 0 aliphatic heterocycles. The van der Waals surface area contributed by atoms with Crippen LogP contribution in [-0.4, -0.2) is 25.7 Å². The van der Waals surface area contributed by atoms with Gasteiger partial charge in [-0.2, -0.15) is 5.26 Å². The van der Waals surface area contributed by atoms with Crippen LogP contribution < -0.4 is 19.5 Å². The highest BCUT2D eigenvalue weighted by Crippen LogP contribution is 2.30. The maximum Gasteiger partial charge on any atom is 0.266 e. The SMILES string of the molecule is CCOc1ccccc1NC(=O)C(C#N)=Cc1ccc(OC)c(OC(C)C)c1. The fourth-order valence-electron chi connectivity index (χ4n) is 2.49. The molecule has 1 N–H and O–H groups in total. The van der Waals surface area contributed by atoms with E-state index in [4.69, 9.17) is 14.2 Å². The fourth-order valence-corrected chi connectivity index (χ4v) is 2.49. The first-order valence-corrected chi connectivity index (χ1v) is 8.98. The number of carbonyl (C=O) groups excluding carboxylic acids is 1. The van der Waals surface area contributed by atoms with E-state index in [0.717, 1.165) is 0 Å². The molecule has 0 aliphatic carbocycles. The topological polar surface area (TPSA) is 80.6 Å².